The maximum absolute atomic E-state index is 6.26. The van der Waals surface area contributed by atoms with Gasteiger partial charge >= 0.3 is 0 Å². The van der Waals surface area contributed by atoms with Crippen molar-refractivity contribution in [2.75, 3.05) is 4.90 Å². The number of nitrogens with zero attached hydrogens (tertiary/aromatic N) is 2. The van der Waals surface area contributed by atoms with E-state index < -0.39 is 0 Å². The van der Waals surface area contributed by atoms with Crippen LogP contribution in [0, 0.1) is 0 Å². The maximum atomic E-state index is 6.26. The Hall–Kier alpha value is -7.88. The molecule has 0 aliphatic rings. The third kappa shape index (κ3) is 5.44. The molecular formula is C56H36N2O. The smallest absolute Gasteiger partial charge is 0.136 e. The molecule has 0 bridgehead atoms. The van der Waals surface area contributed by atoms with Gasteiger partial charge in [0, 0.05) is 44.0 Å². The van der Waals surface area contributed by atoms with Gasteiger partial charge in [0.2, 0.25) is 0 Å². The van der Waals surface area contributed by atoms with Crippen molar-refractivity contribution in [1.29, 1.82) is 0 Å². The van der Waals surface area contributed by atoms with Crippen LogP contribution >= 0.6 is 0 Å². The molecule has 0 aliphatic carbocycles. The molecule has 0 aliphatic heterocycles. The van der Waals surface area contributed by atoms with Crippen molar-refractivity contribution in [2.45, 2.75) is 0 Å². The summed E-state index contributed by atoms with van der Waals surface area (Å²) in [5.74, 6) is 0. The highest BCUT2D eigenvalue weighted by Crippen LogP contribution is 2.43. The molecule has 3 heteroatoms. The number of anilines is 3. The molecule has 0 unspecified atom stereocenters. The van der Waals surface area contributed by atoms with Crippen LogP contribution in [0.5, 0.6) is 0 Å². The summed E-state index contributed by atoms with van der Waals surface area (Å²) in [5.41, 5.74) is 13.3. The standard InChI is InChI=1S/C56H36N2O/c1-2-15-46-39(11-1)23-24-40-12-10-21-53(56(40)46)57(44-32-27-38(28-33-44)42-29-34-50-49-18-5-8-22-54(49)59-55(50)36-42)43-30-25-37(26-31-43)41-13-9-14-45(35-41)58-51-19-6-3-16-47(51)48-17-4-7-20-52(48)58/h1-36H. The number of furan rings is 1. The minimum atomic E-state index is 0.901. The number of rotatable bonds is 6. The first-order chi connectivity index (χ1) is 29.2. The van der Waals surface area contributed by atoms with Crippen LogP contribution in [0.15, 0.2) is 223 Å². The summed E-state index contributed by atoms with van der Waals surface area (Å²) in [6.45, 7) is 0. The molecule has 59 heavy (non-hydrogen) atoms. The van der Waals surface area contributed by atoms with E-state index in [-0.39, 0.29) is 0 Å². The molecule has 12 rings (SSSR count). The third-order valence-corrected chi connectivity index (χ3v) is 12.0. The van der Waals surface area contributed by atoms with E-state index in [1.54, 1.807) is 0 Å². The summed E-state index contributed by atoms with van der Waals surface area (Å²) in [6, 6.07) is 78.8. The fourth-order valence-electron chi connectivity index (χ4n) is 9.19. The number of hydrogen-bond acceptors (Lipinski definition) is 2. The second kappa shape index (κ2) is 13.4. The highest BCUT2D eigenvalue weighted by molar-refractivity contribution is 6.15. The zero-order chi connectivity index (χ0) is 38.9. The quantitative estimate of drug-likeness (QED) is 0.158. The summed E-state index contributed by atoms with van der Waals surface area (Å²) < 4.78 is 8.64. The summed E-state index contributed by atoms with van der Waals surface area (Å²) in [5, 5.41) is 9.70. The monoisotopic (exact) mass is 752 g/mol. The Balaban J connectivity index is 0.968. The van der Waals surface area contributed by atoms with Crippen molar-refractivity contribution in [3.63, 3.8) is 0 Å². The fourth-order valence-corrected chi connectivity index (χ4v) is 9.19. The van der Waals surface area contributed by atoms with Gasteiger partial charge in [-0.3, -0.25) is 0 Å². The lowest BCUT2D eigenvalue weighted by atomic mass is 9.98. The zero-order valence-corrected chi connectivity index (χ0v) is 32.1. The van der Waals surface area contributed by atoms with Gasteiger partial charge in [-0.05, 0) is 111 Å². The van der Waals surface area contributed by atoms with E-state index in [0.29, 0.717) is 0 Å². The van der Waals surface area contributed by atoms with Gasteiger partial charge in [0.1, 0.15) is 11.2 Å². The average Bonchev–Trinajstić information content (AvgIpc) is 3.85. The Labute approximate surface area is 341 Å². The predicted octanol–water partition coefficient (Wildman–Crippen LogP) is 15.8. The van der Waals surface area contributed by atoms with E-state index in [0.717, 1.165) is 61.4 Å². The molecule has 0 saturated carbocycles. The van der Waals surface area contributed by atoms with Crippen LogP contribution < -0.4 is 4.90 Å². The topological polar surface area (TPSA) is 21.3 Å². The molecule has 12 aromatic rings. The van der Waals surface area contributed by atoms with E-state index in [9.17, 15) is 0 Å². The normalized spacial score (nSPS) is 11.7. The first-order valence-corrected chi connectivity index (χ1v) is 20.2. The highest BCUT2D eigenvalue weighted by atomic mass is 16.3. The molecule has 0 fully saturated rings. The number of aromatic nitrogens is 1. The van der Waals surface area contributed by atoms with Gasteiger partial charge in [0.15, 0.2) is 0 Å². The molecule has 0 spiro atoms. The van der Waals surface area contributed by atoms with Crippen LogP contribution in [0.1, 0.15) is 0 Å². The van der Waals surface area contributed by atoms with Gasteiger partial charge in [-0.15, -0.1) is 0 Å². The lowest BCUT2D eigenvalue weighted by Crippen LogP contribution is -2.10. The van der Waals surface area contributed by atoms with Crippen LogP contribution in [0.2, 0.25) is 0 Å². The van der Waals surface area contributed by atoms with Gasteiger partial charge in [-0.25, -0.2) is 0 Å². The molecule has 0 radical (unpaired) electrons. The molecule has 2 aromatic heterocycles. The van der Waals surface area contributed by atoms with Gasteiger partial charge in [-0.2, -0.15) is 0 Å². The number of para-hydroxylation sites is 3. The Morgan fingerprint density at radius 3 is 1.61 bits per heavy atom. The van der Waals surface area contributed by atoms with E-state index >= 15 is 0 Å². The summed E-state index contributed by atoms with van der Waals surface area (Å²) in [4.78, 5) is 2.40. The summed E-state index contributed by atoms with van der Waals surface area (Å²) in [7, 11) is 0. The van der Waals surface area contributed by atoms with Crippen molar-refractivity contribution in [3.8, 4) is 27.9 Å². The lowest BCUT2D eigenvalue weighted by Gasteiger charge is -2.28. The SMILES string of the molecule is c1cc(-c2ccc(N(c3ccc(-c4ccc5c(c4)oc4ccccc45)cc3)c3cccc4ccc5ccccc5c34)cc2)cc(-n2c3ccccc3c3ccccc32)c1. The summed E-state index contributed by atoms with van der Waals surface area (Å²) in [6.07, 6.45) is 0. The molecule has 0 saturated heterocycles. The largest absolute Gasteiger partial charge is 0.456 e. The third-order valence-electron chi connectivity index (χ3n) is 12.0. The molecule has 3 nitrogen and oxygen atoms in total. The Morgan fingerprint density at radius 1 is 0.339 bits per heavy atom. The van der Waals surface area contributed by atoms with Crippen LogP contribution in [0.3, 0.4) is 0 Å². The first kappa shape index (κ1) is 33.3. The zero-order valence-electron chi connectivity index (χ0n) is 32.1. The molecule has 0 atom stereocenters. The van der Waals surface area contributed by atoms with Crippen molar-refractivity contribution < 1.29 is 4.42 Å². The van der Waals surface area contributed by atoms with Crippen LogP contribution in [0.25, 0.3) is 93.2 Å². The molecule has 2 heterocycles. The summed E-state index contributed by atoms with van der Waals surface area (Å²) >= 11 is 0. The Morgan fingerprint density at radius 2 is 0.881 bits per heavy atom. The van der Waals surface area contributed by atoms with Crippen molar-refractivity contribution in [1.82, 2.24) is 4.57 Å². The number of fused-ring (bicyclic) bond motifs is 9. The molecule has 10 aromatic carbocycles. The molecular weight excluding hydrogens is 717 g/mol. The molecule has 276 valence electrons. The van der Waals surface area contributed by atoms with Gasteiger partial charge in [0.25, 0.3) is 0 Å². The highest BCUT2D eigenvalue weighted by Gasteiger charge is 2.19. The lowest BCUT2D eigenvalue weighted by molar-refractivity contribution is 0.669. The van der Waals surface area contributed by atoms with Crippen LogP contribution in [-0.2, 0) is 0 Å². The molecule has 0 N–H and O–H groups in total. The number of benzene rings is 10. The van der Waals surface area contributed by atoms with Gasteiger partial charge in [0.05, 0.1) is 16.7 Å². The van der Waals surface area contributed by atoms with E-state index in [2.05, 4.69) is 216 Å². The van der Waals surface area contributed by atoms with Crippen molar-refractivity contribution >= 4 is 82.4 Å². The second-order valence-electron chi connectivity index (χ2n) is 15.3. The molecule has 0 amide bonds. The minimum absolute atomic E-state index is 0.901. The Kier molecular flexibility index (Phi) is 7.54. The number of hydrogen-bond donors (Lipinski definition) is 0. The van der Waals surface area contributed by atoms with E-state index in [1.807, 2.05) is 12.1 Å². The van der Waals surface area contributed by atoms with Crippen molar-refractivity contribution in [2.24, 2.45) is 0 Å². The Bertz CT molecular complexity index is 3500. The van der Waals surface area contributed by atoms with Gasteiger partial charge < -0.3 is 13.9 Å². The van der Waals surface area contributed by atoms with Crippen molar-refractivity contribution in [3.05, 3.63) is 218 Å². The van der Waals surface area contributed by atoms with Crippen LogP contribution in [-0.4, -0.2) is 4.57 Å². The predicted molar refractivity (Wildman–Crippen MR) is 249 cm³/mol. The first-order valence-electron chi connectivity index (χ1n) is 20.2. The van der Waals surface area contributed by atoms with Gasteiger partial charge in [-0.1, -0.05) is 146 Å². The van der Waals surface area contributed by atoms with Crippen LogP contribution in [0.4, 0.5) is 17.1 Å². The maximum Gasteiger partial charge on any atom is 0.136 e. The average molecular weight is 753 g/mol. The minimum Gasteiger partial charge on any atom is -0.456 e. The fraction of sp³-hybridized carbons (Fsp3) is 0. The van der Waals surface area contributed by atoms with E-state index in [4.69, 9.17) is 4.42 Å². The van der Waals surface area contributed by atoms with E-state index in [1.165, 1.54) is 48.9 Å². The second-order valence-corrected chi connectivity index (χ2v) is 15.3.